The normalized spacial score (nSPS) is 24.8. The van der Waals surface area contributed by atoms with Crippen LogP contribution in [0.4, 0.5) is 5.69 Å². The van der Waals surface area contributed by atoms with Gasteiger partial charge >= 0.3 is 11.8 Å². The van der Waals surface area contributed by atoms with Crippen molar-refractivity contribution in [2.24, 2.45) is 17.1 Å². The predicted molar refractivity (Wildman–Crippen MR) is 158 cm³/mol. The summed E-state index contributed by atoms with van der Waals surface area (Å²) in [5.41, 5.74) is 6.92. The molecule has 3 N–H and O–H groups in total. The minimum Gasteiger partial charge on any atom is -0.370 e. The minimum absolute atomic E-state index is 0.131. The van der Waals surface area contributed by atoms with E-state index >= 15 is 0 Å². The summed E-state index contributed by atoms with van der Waals surface area (Å²) in [6, 6.07) is 7.31. The van der Waals surface area contributed by atoms with Crippen LogP contribution in [0, 0.1) is 11.3 Å². The highest BCUT2D eigenvalue weighted by atomic mass is 32.1. The molecule has 0 radical (unpaired) electrons. The summed E-state index contributed by atoms with van der Waals surface area (Å²) in [4.78, 5) is 51.0. The smallest absolute Gasteiger partial charge is 0.313 e. The first-order valence-electron chi connectivity index (χ1n) is 14.0. The van der Waals surface area contributed by atoms with Crippen LogP contribution in [-0.4, -0.2) is 71.3 Å². The highest BCUT2D eigenvalue weighted by Gasteiger charge is 2.52. The van der Waals surface area contributed by atoms with Crippen molar-refractivity contribution in [3.63, 3.8) is 0 Å². The SMILES string of the molecule is CO[C@@]1(c2nc3cc([C@@H]4CC[C@H](C)CN4C(=O)C(=O)Nc4cncc(C(N)=O)c4)ccc3s2)CCN(C)CC1(C)C. The third kappa shape index (κ3) is 5.45. The average molecular weight is 579 g/mol. The molecule has 4 heterocycles. The third-order valence-corrected chi connectivity index (χ3v) is 9.83. The van der Waals surface area contributed by atoms with Crippen molar-refractivity contribution >= 4 is 45.0 Å². The summed E-state index contributed by atoms with van der Waals surface area (Å²) in [5.74, 6) is -1.82. The fourth-order valence-electron chi connectivity index (χ4n) is 6.44. The number of fused-ring (bicyclic) bond motifs is 1. The van der Waals surface area contributed by atoms with Gasteiger partial charge in [-0.2, -0.15) is 0 Å². The van der Waals surface area contributed by atoms with Gasteiger partial charge in [-0.1, -0.05) is 26.8 Å². The number of carbonyl (C=O) groups excluding carboxylic acids is 3. The Morgan fingerprint density at radius 1 is 1.17 bits per heavy atom. The number of likely N-dealkylation sites (tertiary alicyclic amines) is 2. The molecule has 0 aliphatic carbocycles. The topological polar surface area (TPSA) is 131 Å². The summed E-state index contributed by atoms with van der Waals surface area (Å²) in [5, 5.41) is 3.56. The summed E-state index contributed by atoms with van der Waals surface area (Å²) in [6.45, 7) is 8.86. The van der Waals surface area contributed by atoms with Crippen LogP contribution in [0.3, 0.4) is 0 Å². The number of anilines is 1. The Labute approximate surface area is 244 Å². The highest BCUT2D eigenvalue weighted by molar-refractivity contribution is 7.18. The number of hydrogen-bond donors (Lipinski definition) is 2. The van der Waals surface area contributed by atoms with Crippen molar-refractivity contribution in [1.29, 1.82) is 0 Å². The zero-order chi connectivity index (χ0) is 29.5. The summed E-state index contributed by atoms with van der Waals surface area (Å²) < 4.78 is 7.32. The first-order valence-corrected chi connectivity index (χ1v) is 14.8. The highest BCUT2D eigenvalue weighted by Crippen LogP contribution is 2.50. The van der Waals surface area contributed by atoms with Gasteiger partial charge in [-0.05, 0) is 56.0 Å². The number of pyridine rings is 1. The van der Waals surface area contributed by atoms with E-state index in [2.05, 4.69) is 55.2 Å². The lowest BCUT2D eigenvalue weighted by Gasteiger charge is -2.50. The van der Waals surface area contributed by atoms with E-state index in [-0.39, 0.29) is 28.6 Å². The second-order valence-corrected chi connectivity index (χ2v) is 13.1. The molecule has 3 aromatic rings. The fraction of sp³-hybridized carbons (Fsp3) is 0.500. The molecule has 0 unspecified atom stereocenters. The van der Waals surface area contributed by atoms with E-state index in [0.29, 0.717) is 6.54 Å². The van der Waals surface area contributed by atoms with Crippen molar-refractivity contribution < 1.29 is 19.1 Å². The minimum atomic E-state index is -0.781. The van der Waals surface area contributed by atoms with Gasteiger partial charge < -0.3 is 25.6 Å². The van der Waals surface area contributed by atoms with E-state index in [1.807, 2.05) is 6.07 Å². The van der Waals surface area contributed by atoms with Crippen LogP contribution in [0.15, 0.2) is 36.7 Å². The monoisotopic (exact) mass is 578 g/mol. The van der Waals surface area contributed by atoms with Gasteiger partial charge in [0.1, 0.15) is 10.6 Å². The van der Waals surface area contributed by atoms with Crippen LogP contribution in [0.2, 0.25) is 0 Å². The van der Waals surface area contributed by atoms with Gasteiger partial charge in [0.25, 0.3) is 0 Å². The number of primary amides is 1. The maximum atomic E-state index is 13.5. The Kier molecular flexibility index (Phi) is 7.88. The fourth-order valence-corrected chi connectivity index (χ4v) is 7.76. The number of aromatic nitrogens is 2. The van der Waals surface area contributed by atoms with Gasteiger partial charge in [-0.15, -0.1) is 11.3 Å². The Balaban J connectivity index is 1.42. The van der Waals surface area contributed by atoms with E-state index in [1.165, 1.54) is 18.5 Å². The van der Waals surface area contributed by atoms with Crippen molar-refractivity contribution in [3.8, 4) is 0 Å². The molecule has 2 aromatic heterocycles. The van der Waals surface area contributed by atoms with Crippen LogP contribution >= 0.6 is 11.3 Å². The number of nitrogens with zero attached hydrogens (tertiary/aromatic N) is 4. The number of thiazole rings is 1. The van der Waals surface area contributed by atoms with Gasteiger partial charge in [-0.3, -0.25) is 19.4 Å². The largest absolute Gasteiger partial charge is 0.370 e. The quantitative estimate of drug-likeness (QED) is 0.439. The summed E-state index contributed by atoms with van der Waals surface area (Å²) in [7, 11) is 3.92. The average Bonchev–Trinajstić information content (AvgIpc) is 3.36. The molecule has 218 valence electrons. The van der Waals surface area contributed by atoms with Crippen LogP contribution < -0.4 is 11.1 Å². The number of ether oxygens (including phenoxy) is 1. The van der Waals surface area contributed by atoms with Crippen LogP contribution in [0.25, 0.3) is 10.2 Å². The molecule has 2 fully saturated rings. The first-order chi connectivity index (χ1) is 19.4. The van der Waals surface area contributed by atoms with E-state index in [1.54, 1.807) is 23.3 Å². The van der Waals surface area contributed by atoms with E-state index in [0.717, 1.165) is 53.1 Å². The number of hydrogen-bond acceptors (Lipinski definition) is 8. The predicted octanol–water partition coefficient (Wildman–Crippen LogP) is 3.93. The molecule has 0 saturated carbocycles. The Morgan fingerprint density at radius 3 is 2.66 bits per heavy atom. The number of nitrogens with two attached hydrogens (primary N) is 1. The number of benzene rings is 1. The van der Waals surface area contributed by atoms with Gasteiger partial charge in [0, 0.05) is 38.4 Å². The van der Waals surface area contributed by atoms with Crippen molar-refractivity contribution in [1.82, 2.24) is 19.8 Å². The van der Waals surface area contributed by atoms with Crippen molar-refractivity contribution in [2.75, 3.05) is 39.1 Å². The lowest BCUT2D eigenvalue weighted by molar-refractivity contribution is -0.146. The molecule has 10 nitrogen and oxygen atoms in total. The lowest BCUT2D eigenvalue weighted by Crippen LogP contribution is -2.55. The van der Waals surface area contributed by atoms with E-state index in [9.17, 15) is 14.4 Å². The Morgan fingerprint density at radius 2 is 1.95 bits per heavy atom. The maximum Gasteiger partial charge on any atom is 0.313 e. The number of rotatable bonds is 5. The zero-order valence-corrected chi connectivity index (χ0v) is 25.1. The number of nitrogens with one attached hydrogen (secondary N) is 1. The van der Waals surface area contributed by atoms with E-state index in [4.69, 9.17) is 15.5 Å². The number of methoxy groups -OCH3 is 1. The molecule has 11 heteroatoms. The van der Waals surface area contributed by atoms with Crippen LogP contribution in [-0.2, 0) is 19.9 Å². The van der Waals surface area contributed by atoms with Gasteiger partial charge in [0.15, 0.2) is 0 Å². The van der Waals surface area contributed by atoms with E-state index < -0.39 is 23.3 Å². The standard InChI is InChI=1S/C30H38N6O4S/c1-18-6-8-23(36(16-18)27(39)26(38)33-21-12-20(25(31)37)14-32-15-21)19-7-9-24-22(13-19)34-28(41-24)30(40-5)10-11-35(4)17-29(30,2)3/h7,9,12-15,18,23H,6,8,10-11,16-17H2,1-5H3,(H2,31,37)(H,33,38)/t18-,23-,30+/m0/s1. The molecule has 0 spiro atoms. The van der Waals surface area contributed by atoms with Gasteiger partial charge in [0.2, 0.25) is 5.91 Å². The van der Waals surface area contributed by atoms with Gasteiger partial charge in [0.05, 0.1) is 33.7 Å². The molecule has 2 aliphatic rings. The Bertz CT molecular complexity index is 1490. The Hall–Kier alpha value is -3.41. The first kappa shape index (κ1) is 29.1. The molecular weight excluding hydrogens is 540 g/mol. The second-order valence-electron chi connectivity index (χ2n) is 12.1. The summed E-state index contributed by atoms with van der Waals surface area (Å²) in [6.07, 6.45) is 5.22. The molecule has 0 bridgehead atoms. The van der Waals surface area contributed by atoms with Crippen molar-refractivity contribution in [2.45, 2.75) is 51.7 Å². The molecule has 1 aromatic carbocycles. The number of amides is 3. The number of piperidine rings is 2. The molecular formula is C30H38N6O4S. The molecule has 3 atom stereocenters. The molecule has 3 amide bonds. The third-order valence-electron chi connectivity index (χ3n) is 8.65. The molecule has 5 rings (SSSR count). The van der Waals surface area contributed by atoms with Crippen LogP contribution in [0.5, 0.6) is 0 Å². The zero-order valence-electron chi connectivity index (χ0n) is 24.3. The summed E-state index contributed by atoms with van der Waals surface area (Å²) >= 11 is 1.66. The van der Waals surface area contributed by atoms with Gasteiger partial charge in [-0.25, -0.2) is 4.98 Å². The maximum absolute atomic E-state index is 13.5. The number of carbonyl (C=O) groups is 3. The lowest BCUT2D eigenvalue weighted by atomic mass is 9.70. The second kappa shape index (κ2) is 11.1. The molecule has 2 saturated heterocycles. The molecule has 41 heavy (non-hydrogen) atoms. The molecule has 2 aliphatic heterocycles. The van der Waals surface area contributed by atoms with Crippen LogP contribution in [0.1, 0.15) is 67.0 Å². The van der Waals surface area contributed by atoms with Crippen molar-refractivity contribution in [3.05, 3.63) is 52.8 Å².